The number of rotatable bonds is 4. The molecule has 1 aromatic carbocycles. The predicted molar refractivity (Wildman–Crippen MR) is 66.0 cm³/mol. The minimum Gasteiger partial charge on any atom is -0.294 e. The van der Waals surface area contributed by atoms with E-state index in [4.69, 9.17) is 4.55 Å². The SMILES string of the molecule is Cc1cc(C)c(C(=O)CCS(=O)(=O)O)c(C)c1. The van der Waals surface area contributed by atoms with E-state index in [9.17, 15) is 13.2 Å². The van der Waals surface area contributed by atoms with E-state index in [0.29, 0.717) is 5.56 Å². The normalized spacial score (nSPS) is 11.5. The quantitative estimate of drug-likeness (QED) is 0.661. The first kappa shape index (κ1) is 13.9. The summed E-state index contributed by atoms with van der Waals surface area (Å²) >= 11 is 0. The average molecular weight is 256 g/mol. The Morgan fingerprint density at radius 2 is 1.65 bits per heavy atom. The molecule has 1 rings (SSSR count). The van der Waals surface area contributed by atoms with E-state index in [1.807, 2.05) is 32.9 Å². The Balaban J connectivity index is 2.98. The van der Waals surface area contributed by atoms with Crippen LogP contribution in [0.4, 0.5) is 0 Å². The molecular weight excluding hydrogens is 240 g/mol. The summed E-state index contributed by atoms with van der Waals surface area (Å²) in [6.45, 7) is 5.58. The molecule has 0 aromatic heterocycles. The lowest BCUT2D eigenvalue weighted by molar-refractivity contribution is 0.0987. The molecule has 1 aromatic rings. The van der Waals surface area contributed by atoms with Gasteiger partial charge in [-0.15, -0.1) is 0 Å². The van der Waals surface area contributed by atoms with Crippen LogP contribution in [0.3, 0.4) is 0 Å². The van der Waals surface area contributed by atoms with Gasteiger partial charge in [-0.3, -0.25) is 9.35 Å². The second kappa shape index (κ2) is 4.98. The molecule has 5 heteroatoms. The van der Waals surface area contributed by atoms with Gasteiger partial charge in [0.25, 0.3) is 10.1 Å². The number of ketones is 1. The number of Topliss-reactive ketones (excluding diaryl/α,β-unsaturated/α-hetero) is 1. The van der Waals surface area contributed by atoms with Crippen molar-refractivity contribution in [3.05, 3.63) is 34.4 Å². The number of aryl methyl sites for hydroxylation is 3. The van der Waals surface area contributed by atoms with Gasteiger partial charge in [0, 0.05) is 12.0 Å². The van der Waals surface area contributed by atoms with Crippen LogP contribution in [-0.4, -0.2) is 24.5 Å². The van der Waals surface area contributed by atoms with Gasteiger partial charge in [0.1, 0.15) is 0 Å². The van der Waals surface area contributed by atoms with Crippen LogP contribution >= 0.6 is 0 Å². The highest BCUT2D eigenvalue weighted by Crippen LogP contribution is 2.18. The maximum Gasteiger partial charge on any atom is 0.265 e. The third kappa shape index (κ3) is 3.94. The van der Waals surface area contributed by atoms with Crippen molar-refractivity contribution in [1.82, 2.24) is 0 Å². The topological polar surface area (TPSA) is 71.4 Å². The first-order valence-electron chi connectivity index (χ1n) is 5.27. The number of carbonyl (C=O) groups is 1. The van der Waals surface area contributed by atoms with Crippen LogP contribution < -0.4 is 0 Å². The molecule has 0 bridgehead atoms. The van der Waals surface area contributed by atoms with E-state index in [2.05, 4.69) is 0 Å². The molecule has 0 fully saturated rings. The zero-order valence-electron chi connectivity index (χ0n) is 10.1. The molecule has 0 saturated carbocycles. The van der Waals surface area contributed by atoms with E-state index >= 15 is 0 Å². The van der Waals surface area contributed by atoms with Gasteiger partial charge in [0.15, 0.2) is 5.78 Å². The Morgan fingerprint density at radius 3 is 2.06 bits per heavy atom. The van der Waals surface area contributed by atoms with Crippen molar-refractivity contribution in [1.29, 1.82) is 0 Å². The largest absolute Gasteiger partial charge is 0.294 e. The van der Waals surface area contributed by atoms with E-state index in [1.54, 1.807) is 0 Å². The summed E-state index contributed by atoms with van der Waals surface area (Å²) in [6, 6.07) is 3.77. The van der Waals surface area contributed by atoms with Gasteiger partial charge in [-0.2, -0.15) is 8.42 Å². The van der Waals surface area contributed by atoms with Crippen molar-refractivity contribution < 1.29 is 17.8 Å². The van der Waals surface area contributed by atoms with Crippen LogP contribution in [0.1, 0.15) is 33.5 Å². The van der Waals surface area contributed by atoms with Crippen LogP contribution in [0, 0.1) is 20.8 Å². The van der Waals surface area contributed by atoms with Crippen molar-refractivity contribution in [2.45, 2.75) is 27.2 Å². The molecular formula is C12H16O4S. The van der Waals surface area contributed by atoms with E-state index in [-0.39, 0.29) is 12.2 Å². The summed E-state index contributed by atoms with van der Waals surface area (Å²) in [4.78, 5) is 11.9. The molecule has 0 aliphatic rings. The molecule has 1 N–H and O–H groups in total. The number of carbonyl (C=O) groups excluding carboxylic acids is 1. The van der Waals surface area contributed by atoms with Gasteiger partial charge in [-0.05, 0) is 31.9 Å². The summed E-state index contributed by atoms with van der Waals surface area (Å²) in [6.07, 6.45) is -0.191. The Hall–Kier alpha value is -1.20. The maximum absolute atomic E-state index is 11.9. The Bertz CT molecular complexity index is 521. The van der Waals surface area contributed by atoms with Crippen molar-refractivity contribution in [2.24, 2.45) is 0 Å². The highest BCUT2D eigenvalue weighted by Gasteiger charge is 2.15. The van der Waals surface area contributed by atoms with Crippen molar-refractivity contribution in [3.63, 3.8) is 0 Å². The number of benzene rings is 1. The lowest BCUT2D eigenvalue weighted by Crippen LogP contribution is -2.12. The van der Waals surface area contributed by atoms with Crippen molar-refractivity contribution in [2.75, 3.05) is 5.75 Å². The Kier molecular flexibility index (Phi) is 4.06. The van der Waals surface area contributed by atoms with Crippen LogP contribution in [0.5, 0.6) is 0 Å². The van der Waals surface area contributed by atoms with Gasteiger partial charge in [0.2, 0.25) is 0 Å². The highest BCUT2D eigenvalue weighted by molar-refractivity contribution is 7.85. The lowest BCUT2D eigenvalue weighted by atomic mass is 9.96. The summed E-state index contributed by atoms with van der Waals surface area (Å²) in [7, 11) is -4.08. The standard InChI is InChI=1S/C12H16O4S/c1-8-6-9(2)12(10(3)7-8)11(13)4-5-17(14,15)16/h6-7H,4-5H2,1-3H3,(H,14,15,16). The van der Waals surface area contributed by atoms with Crippen LogP contribution in [0.2, 0.25) is 0 Å². The molecule has 0 unspecified atom stereocenters. The molecule has 0 heterocycles. The molecule has 94 valence electrons. The molecule has 0 radical (unpaired) electrons. The fourth-order valence-corrected chi connectivity index (χ4v) is 2.41. The minimum atomic E-state index is -4.08. The minimum absolute atomic E-state index is 0.191. The second-order valence-corrected chi connectivity index (χ2v) is 5.81. The van der Waals surface area contributed by atoms with Gasteiger partial charge in [-0.1, -0.05) is 17.7 Å². The third-order valence-electron chi connectivity index (χ3n) is 2.54. The molecule has 17 heavy (non-hydrogen) atoms. The van der Waals surface area contributed by atoms with Gasteiger partial charge < -0.3 is 0 Å². The van der Waals surface area contributed by atoms with Crippen molar-refractivity contribution in [3.8, 4) is 0 Å². The zero-order valence-corrected chi connectivity index (χ0v) is 11.0. The Labute approximate surface area is 101 Å². The molecule has 0 saturated heterocycles. The van der Waals surface area contributed by atoms with E-state index in [1.165, 1.54) is 0 Å². The first-order chi connectivity index (χ1) is 7.70. The molecule has 0 aliphatic carbocycles. The Morgan fingerprint density at radius 1 is 1.18 bits per heavy atom. The van der Waals surface area contributed by atoms with Gasteiger partial charge in [-0.25, -0.2) is 0 Å². The highest BCUT2D eigenvalue weighted by atomic mass is 32.2. The third-order valence-corrected chi connectivity index (χ3v) is 3.26. The van der Waals surface area contributed by atoms with Crippen LogP contribution in [-0.2, 0) is 10.1 Å². The monoisotopic (exact) mass is 256 g/mol. The fraction of sp³-hybridized carbons (Fsp3) is 0.417. The molecule has 0 atom stereocenters. The number of hydrogen-bond acceptors (Lipinski definition) is 3. The molecule has 0 aliphatic heterocycles. The smallest absolute Gasteiger partial charge is 0.265 e. The average Bonchev–Trinajstić information content (AvgIpc) is 2.11. The zero-order chi connectivity index (χ0) is 13.2. The summed E-state index contributed by atoms with van der Waals surface area (Å²) < 4.78 is 29.8. The molecule has 0 amide bonds. The summed E-state index contributed by atoms with van der Waals surface area (Å²) in [5.41, 5.74) is 3.29. The van der Waals surface area contributed by atoms with Crippen LogP contribution in [0.15, 0.2) is 12.1 Å². The summed E-state index contributed by atoms with van der Waals surface area (Å²) in [5.74, 6) is -0.781. The fourth-order valence-electron chi connectivity index (χ4n) is 1.97. The van der Waals surface area contributed by atoms with E-state index < -0.39 is 15.9 Å². The second-order valence-electron chi connectivity index (χ2n) is 4.23. The molecule has 0 spiro atoms. The van der Waals surface area contributed by atoms with Gasteiger partial charge in [0.05, 0.1) is 5.75 Å². The van der Waals surface area contributed by atoms with Crippen molar-refractivity contribution >= 4 is 15.9 Å². The summed E-state index contributed by atoms with van der Waals surface area (Å²) in [5, 5.41) is 0. The molecule has 4 nitrogen and oxygen atoms in total. The van der Waals surface area contributed by atoms with Crippen LogP contribution in [0.25, 0.3) is 0 Å². The predicted octanol–water partition coefficient (Wildman–Crippen LogP) is 2.07. The number of hydrogen-bond donors (Lipinski definition) is 1. The first-order valence-corrected chi connectivity index (χ1v) is 6.88. The van der Waals surface area contributed by atoms with E-state index in [0.717, 1.165) is 16.7 Å². The maximum atomic E-state index is 11.9. The lowest BCUT2D eigenvalue weighted by Gasteiger charge is -2.09. The van der Waals surface area contributed by atoms with Gasteiger partial charge >= 0.3 is 0 Å².